The topological polar surface area (TPSA) is 26.7 Å². The second kappa shape index (κ2) is 5.93. The van der Waals surface area contributed by atoms with Gasteiger partial charge in [-0.05, 0) is 45.4 Å². The molecule has 0 aliphatic carbocycles. The number of anilines is 1. The third kappa shape index (κ3) is 2.79. The molecule has 0 amide bonds. The fourth-order valence-corrected chi connectivity index (χ4v) is 3.88. The van der Waals surface area contributed by atoms with Crippen molar-refractivity contribution in [2.75, 3.05) is 24.5 Å². The van der Waals surface area contributed by atoms with Crippen molar-refractivity contribution < 1.29 is 9.50 Å². The number of hydrogen-bond acceptors (Lipinski definition) is 3. The van der Waals surface area contributed by atoms with Gasteiger partial charge in [0.15, 0.2) is 0 Å². The monoisotopic (exact) mass is 292 g/mol. The van der Waals surface area contributed by atoms with Crippen LogP contribution < -0.4 is 4.90 Å². The normalized spacial score (nSPS) is 28.3. The summed E-state index contributed by atoms with van der Waals surface area (Å²) in [5.74, 6) is -0.305. The molecule has 0 bridgehead atoms. The van der Waals surface area contributed by atoms with Crippen molar-refractivity contribution in [3.8, 4) is 0 Å². The van der Waals surface area contributed by atoms with Crippen LogP contribution in [0.1, 0.15) is 44.8 Å². The van der Waals surface area contributed by atoms with Crippen molar-refractivity contribution in [1.82, 2.24) is 4.90 Å². The second-order valence-electron chi connectivity index (χ2n) is 6.49. The molecule has 0 spiro atoms. The molecule has 3 atom stereocenters. The van der Waals surface area contributed by atoms with Crippen LogP contribution in [0.25, 0.3) is 0 Å². The van der Waals surface area contributed by atoms with E-state index in [0.29, 0.717) is 17.6 Å². The van der Waals surface area contributed by atoms with Crippen LogP contribution in [0.15, 0.2) is 18.2 Å². The minimum atomic E-state index is -0.780. The Morgan fingerprint density at radius 1 is 1.29 bits per heavy atom. The lowest BCUT2D eigenvalue weighted by Gasteiger charge is -2.49. The lowest BCUT2D eigenvalue weighted by Crippen LogP contribution is -2.59. The first-order valence-corrected chi connectivity index (χ1v) is 8.05. The summed E-state index contributed by atoms with van der Waals surface area (Å²) < 4.78 is 14.1. The molecule has 0 aromatic heterocycles. The van der Waals surface area contributed by atoms with Crippen molar-refractivity contribution in [2.45, 2.75) is 51.3 Å². The summed E-state index contributed by atoms with van der Waals surface area (Å²) in [5.41, 5.74) is 1.30. The maximum atomic E-state index is 14.1. The van der Waals surface area contributed by atoms with E-state index in [0.717, 1.165) is 18.8 Å². The van der Waals surface area contributed by atoms with Crippen molar-refractivity contribution in [3.63, 3.8) is 0 Å². The molecule has 3 nitrogen and oxygen atoms in total. The van der Waals surface area contributed by atoms with Crippen LogP contribution in [0, 0.1) is 5.82 Å². The van der Waals surface area contributed by atoms with Gasteiger partial charge in [-0.15, -0.1) is 0 Å². The summed E-state index contributed by atoms with van der Waals surface area (Å²) in [4.78, 5) is 4.86. The van der Waals surface area contributed by atoms with Gasteiger partial charge in [0.25, 0.3) is 0 Å². The van der Waals surface area contributed by atoms with E-state index in [1.165, 1.54) is 31.9 Å². The number of halogens is 1. The van der Waals surface area contributed by atoms with Crippen molar-refractivity contribution in [2.24, 2.45) is 0 Å². The number of piperidine rings is 1. The zero-order valence-corrected chi connectivity index (χ0v) is 12.9. The van der Waals surface area contributed by atoms with Gasteiger partial charge in [0, 0.05) is 36.4 Å². The first-order chi connectivity index (χ1) is 10.1. The quantitative estimate of drug-likeness (QED) is 0.908. The van der Waals surface area contributed by atoms with Crippen molar-refractivity contribution in [3.05, 3.63) is 29.6 Å². The largest absolute Gasteiger partial charge is 0.389 e. The third-order valence-electron chi connectivity index (χ3n) is 4.94. The first kappa shape index (κ1) is 14.8. The molecule has 2 heterocycles. The highest BCUT2D eigenvalue weighted by atomic mass is 19.1. The molecule has 3 rings (SSSR count). The SMILES string of the molecule is CC1CN2CCCCC2CN1c1cccc(F)c1[C@H](C)O. The molecule has 2 aliphatic heterocycles. The number of fused-ring (bicyclic) bond motifs is 1. The minimum Gasteiger partial charge on any atom is -0.389 e. The molecule has 2 aliphatic rings. The molecule has 1 aromatic rings. The Kier molecular flexibility index (Phi) is 4.18. The Morgan fingerprint density at radius 3 is 2.86 bits per heavy atom. The highest BCUT2D eigenvalue weighted by molar-refractivity contribution is 5.56. The summed E-state index contributed by atoms with van der Waals surface area (Å²) in [6.07, 6.45) is 3.03. The fraction of sp³-hybridized carbons (Fsp3) is 0.647. The van der Waals surface area contributed by atoms with Gasteiger partial charge in [0.05, 0.1) is 6.10 Å². The van der Waals surface area contributed by atoms with Gasteiger partial charge in [-0.2, -0.15) is 0 Å². The number of nitrogens with zero attached hydrogens (tertiary/aromatic N) is 2. The van der Waals surface area contributed by atoms with Gasteiger partial charge in [-0.25, -0.2) is 4.39 Å². The van der Waals surface area contributed by atoms with Crippen LogP contribution in [-0.4, -0.2) is 41.7 Å². The van der Waals surface area contributed by atoms with E-state index < -0.39 is 6.10 Å². The molecular formula is C17H25FN2O. The number of aliphatic hydroxyl groups excluding tert-OH is 1. The maximum Gasteiger partial charge on any atom is 0.131 e. The van der Waals surface area contributed by atoms with Crippen molar-refractivity contribution >= 4 is 5.69 Å². The molecule has 0 saturated carbocycles. The Labute approximate surface area is 126 Å². The molecule has 1 N–H and O–H groups in total. The van der Waals surface area contributed by atoms with Crippen LogP contribution in [0.3, 0.4) is 0 Å². The molecule has 0 radical (unpaired) electrons. The molecule has 116 valence electrons. The average molecular weight is 292 g/mol. The van der Waals surface area contributed by atoms with Crippen LogP contribution in [0.4, 0.5) is 10.1 Å². The summed E-state index contributed by atoms with van der Waals surface area (Å²) in [7, 11) is 0. The molecule has 21 heavy (non-hydrogen) atoms. The highest BCUT2D eigenvalue weighted by Gasteiger charge is 2.34. The number of benzene rings is 1. The Bertz CT molecular complexity index is 506. The number of aliphatic hydroxyl groups is 1. The lowest BCUT2D eigenvalue weighted by molar-refractivity contribution is 0.115. The highest BCUT2D eigenvalue weighted by Crippen LogP contribution is 2.34. The van der Waals surface area contributed by atoms with Gasteiger partial charge < -0.3 is 10.0 Å². The Morgan fingerprint density at radius 2 is 2.10 bits per heavy atom. The van der Waals surface area contributed by atoms with Crippen molar-refractivity contribution in [1.29, 1.82) is 0 Å². The third-order valence-corrected chi connectivity index (χ3v) is 4.94. The van der Waals surface area contributed by atoms with E-state index in [2.05, 4.69) is 16.7 Å². The molecule has 2 fully saturated rings. The predicted octanol–water partition coefficient (Wildman–Crippen LogP) is 2.94. The van der Waals surface area contributed by atoms with Gasteiger partial charge in [0.1, 0.15) is 5.82 Å². The summed E-state index contributed by atoms with van der Waals surface area (Å²) >= 11 is 0. The van der Waals surface area contributed by atoms with E-state index in [9.17, 15) is 9.50 Å². The molecule has 2 saturated heterocycles. The first-order valence-electron chi connectivity index (χ1n) is 8.05. The predicted molar refractivity (Wildman–Crippen MR) is 83.1 cm³/mol. The number of piperazine rings is 1. The molecule has 4 heteroatoms. The molecular weight excluding hydrogens is 267 g/mol. The summed E-state index contributed by atoms with van der Waals surface area (Å²) in [5, 5.41) is 9.96. The zero-order valence-electron chi connectivity index (χ0n) is 12.9. The fourth-order valence-electron chi connectivity index (χ4n) is 3.88. The average Bonchev–Trinajstić information content (AvgIpc) is 2.45. The summed E-state index contributed by atoms with van der Waals surface area (Å²) in [6, 6.07) is 6.04. The van der Waals surface area contributed by atoms with E-state index in [1.54, 1.807) is 13.0 Å². The van der Waals surface area contributed by atoms with Crippen LogP contribution in [0.5, 0.6) is 0 Å². The van der Waals surface area contributed by atoms with Gasteiger partial charge in [-0.1, -0.05) is 12.5 Å². The van der Waals surface area contributed by atoms with E-state index in [1.807, 2.05) is 6.07 Å². The minimum absolute atomic E-state index is 0.305. The standard InChI is InChI=1S/C17H25FN2O/c1-12-10-19-9-4-3-6-14(19)11-20(12)16-8-5-7-15(18)17(16)13(2)21/h5,7-8,12-14,21H,3-4,6,9-11H2,1-2H3/t12?,13-,14?/m0/s1. The van der Waals surface area contributed by atoms with Crippen LogP contribution in [0.2, 0.25) is 0 Å². The Balaban J connectivity index is 1.91. The van der Waals surface area contributed by atoms with E-state index in [4.69, 9.17) is 0 Å². The smallest absolute Gasteiger partial charge is 0.131 e. The Hall–Kier alpha value is -1.13. The number of hydrogen-bond donors (Lipinski definition) is 1. The van der Waals surface area contributed by atoms with Gasteiger partial charge in [-0.3, -0.25) is 4.90 Å². The number of rotatable bonds is 2. The molecule has 1 aromatic carbocycles. The van der Waals surface area contributed by atoms with Crippen LogP contribution >= 0.6 is 0 Å². The van der Waals surface area contributed by atoms with Gasteiger partial charge in [0.2, 0.25) is 0 Å². The molecule has 2 unspecified atom stereocenters. The van der Waals surface area contributed by atoms with Crippen LogP contribution in [-0.2, 0) is 0 Å². The zero-order chi connectivity index (χ0) is 15.0. The van der Waals surface area contributed by atoms with E-state index in [-0.39, 0.29) is 5.82 Å². The van der Waals surface area contributed by atoms with Gasteiger partial charge >= 0.3 is 0 Å². The van der Waals surface area contributed by atoms with E-state index >= 15 is 0 Å². The lowest BCUT2D eigenvalue weighted by atomic mass is 9.95. The second-order valence-corrected chi connectivity index (χ2v) is 6.49. The maximum absolute atomic E-state index is 14.1. The summed E-state index contributed by atoms with van der Waals surface area (Å²) in [6.45, 7) is 6.99.